The van der Waals surface area contributed by atoms with Gasteiger partial charge in [0.15, 0.2) is 0 Å². The summed E-state index contributed by atoms with van der Waals surface area (Å²) in [5.41, 5.74) is 2.81. The molecule has 3 heteroatoms. The molecule has 1 fully saturated rings. The molecule has 0 aliphatic carbocycles. The molecule has 0 radical (unpaired) electrons. The monoisotopic (exact) mass is 260 g/mol. The van der Waals surface area contributed by atoms with Crippen molar-refractivity contribution < 1.29 is 4.74 Å². The van der Waals surface area contributed by atoms with Crippen LogP contribution in [0.3, 0.4) is 0 Å². The van der Waals surface area contributed by atoms with Crippen molar-refractivity contribution in [3.8, 4) is 0 Å². The highest BCUT2D eigenvalue weighted by Crippen LogP contribution is 2.31. The van der Waals surface area contributed by atoms with Gasteiger partial charge in [0.05, 0.1) is 0 Å². The Morgan fingerprint density at radius 3 is 2.84 bits per heavy atom. The standard InChI is InChI=1S/C16H24N2O/c1-18(11-13-6-8-19-9-7-13)12-14-10-17-16-5-3-2-4-15(14)16/h2-5,13-14,17H,6-12H2,1H3. The highest BCUT2D eigenvalue weighted by atomic mass is 16.5. The summed E-state index contributed by atoms with van der Waals surface area (Å²) >= 11 is 0. The van der Waals surface area contributed by atoms with Gasteiger partial charge in [-0.25, -0.2) is 0 Å². The predicted octanol–water partition coefficient (Wildman–Crippen LogP) is 2.55. The third-order valence-electron chi connectivity index (χ3n) is 4.38. The van der Waals surface area contributed by atoms with Crippen LogP contribution in [0.5, 0.6) is 0 Å². The number of nitrogens with zero attached hydrogens (tertiary/aromatic N) is 1. The highest BCUT2D eigenvalue weighted by Gasteiger charge is 2.24. The number of nitrogens with one attached hydrogen (secondary N) is 1. The number of anilines is 1. The lowest BCUT2D eigenvalue weighted by molar-refractivity contribution is 0.0553. The van der Waals surface area contributed by atoms with Gasteiger partial charge in [-0.15, -0.1) is 0 Å². The molecular weight excluding hydrogens is 236 g/mol. The Morgan fingerprint density at radius 1 is 1.21 bits per heavy atom. The van der Waals surface area contributed by atoms with Gasteiger partial charge in [0.25, 0.3) is 0 Å². The molecule has 3 rings (SSSR count). The number of rotatable bonds is 4. The zero-order chi connectivity index (χ0) is 13.1. The lowest BCUT2D eigenvalue weighted by atomic mass is 9.97. The Kier molecular flexibility index (Phi) is 4.04. The first kappa shape index (κ1) is 12.9. The third-order valence-corrected chi connectivity index (χ3v) is 4.38. The van der Waals surface area contributed by atoms with Gasteiger partial charge < -0.3 is 15.0 Å². The second-order valence-electron chi connectivity index (χ2n) is 5.94. The fourth-order valence-corrected chi connectivity index (χ4v) is 3.34. The first-order valence-corrected chi connectivity index (χ1v) is 7.42. The number of benzene rings is 1. The maximum absolute atomic E-state index is 5.43. The molecule has 1 aromatic carbocycles. The number of para-hydroxylation sites is 1. The number of hydrogen-bond acceptors (Lipinski definition) is 3. The van der Waals surface area contributed by atoms with Crippen LogP contribution in [0.15, 0.2) is 24.3 Å². The van der Waals surface area contributed by atoms with E-state index in [0.717, 1.165) is 32.2 Å². The molecule has 1 saturated heterocycles. The van der Waals surface area contributed by atoms with E-state index in [2.05, 4.69) is 41.5 Å². The van der Waals surface area contributed by atoms with Crippen molar-refractivity contribution in [2.45, 2.75) is 18.8 Å². The molecule has 1 aromatic rings. The zero-order valence-corrected chi connectivity index (χ0v) is 11.8. The normalized spacial score (nSPS) is 23.4. The minimum atomic E-state index is 0.640. The average molecular weight is 260 g/mol. The van der Waals surface area contributed by atoms with Crippen LogP contribution in [-0.2, 0) is 4.74 Å². The molecule has 0 saturated carbocycles. The molecule has 0 aromatic heterocycles. The van der Waals surface area contributed by atoms with Crippen molar-refractivity contribution in [2.24, 2.45) is 5.92 Å². The molecule has 1 atom stereocenters. The Labute approximate surface area is 115 Å². The van der Waals surface area contributed by atoms with Crippen LogP contribution in [0.25, 0.3) is 0 Å². The van der Waals surface area contributed by atoms with Crippen LogP contribution < -0.4 is 5.32 Å². The predicted molar refractivity (Wildman–Crippen MR) is 78.7 cm³/mol. The fraction of sp³-hybridized carbons (Fsp3) is 0.625. The molecule has 1 unspecified atom stereocenters. The highest BCUT2D eigenvalue weighted by molar-refractivity contribution is 5.57. The molecule has 0 amide bonds. The molecule has 2 aliphatic rings. The summed E-state index contributed by atoms with van der Waals surface area (Å²) in [6.07, 6.45) is 2.45. The quantitative estimate of drug-likeness (QED) is 0.900. The summed E-state index contributed by atoms with van der Waals surface area (Å²) in [6.45, 7) is 5.35. The van der Waals surface area contributed by atoms with E-state index in [0.29, 0.717) is 5.92 Å². The summed E-state index contributed by atoms with van der Waals surface area (Å²) in [6, 6.07) is 8.72. The van der Waals surface area contributed by atoms with E-state index in [1.54, 1.807) is 0 Å². The van der Waals surface area contributed by atoms with Crippen LogP contribution in [0.1, 0.15) is 24.3 Å². The van der Waals surface area contributed by atoms with Crippen molar-refractivity contribution in [3.05, 3.63) is 29.8 Å². The molecule has 2 aliphatic heterocycles. The van der Waals surface area contributed by atoms with Crippen LogP contribution in [0.2, 0.25) is 0 Å². The smallest absolute Gasteiger partial charge is 0.0469 e. The van der Waals surface area contributed by atoms with Gasteiger partial charge in [0, 0.05) is 44.5 Å². The maximum Gasteiger partial charge on any atom is 0.0469 e. The average Bonchev–Trinajstić information content (AvgIpc) is 2.83. The lowest BCUT2D eigenvalue weighted by Crippen LogP contribution is -2.33. The van der Waals surface area contributed by atoms with E-state index in [9.17, 15) is 0 Å². The van der Waals surface area contributed by atoms with E-state index in [1.165, 1.54) is 30.6 Å². The Bertz CT molecular complexity index is 415. The van der Waals surface area contributed by atoms with Crippen LogP contribution in [0, 0.1) is 5.92 Å². The topological polar surface area (TPSA) is 24.5 Å². The van der Waals surface area contributed by atoms with Crippen molar-refractivity contribution in [3.63, 3.8) is 0 Å². The van der Waals surface area contributed by atoms with Gasteiger partial charge in [-0.1, -0.05) is 18.2 Å². The van der Waals surface area contributed by atoms with Gasteiger partial charge in [-0.2, -0.15) is 0 Å². The molecule has 19 heavy (non-hydrogen) atoms. The van der Waals surface area contributed by atoms with Crippen molar-refractivity contribution in [1.82, 2.24) is 4.90 Å². The SMILES string of the molecule is CN(CC1CCOCC1)CC1CNc2ccccc21. The molecule has 1 N–H and O–H groups in total. The Hall–Kier alpha value is -1.06. The van der Waals surface area contributed by atoms with Gasteiger partial charge >= 0.3 is 0 Å². The third kappa shape index (κ3) is 3.10. The molecule has 0 bridgehead atoms. The molecule has 0 spiro atoms. The molecule has 104 valence electrons. The first-order chi connectivity index (χ1) is 9.33. The van der Waals surface area contributed by atoms with Crippen LogP contribution in [-0.4, -0.2) is 44.8 Å². The molecule has 2 heterocycles. The van der Waals surface area contributed by atoms with E-state index < -0.39 is 0 Å². The number of likely N-dealkylation sites (N-methyl/N-ethyl adjacent to an activating group) is 1. The van der Waals surface area contributed by atoms with E-state index >= 15 is 0 Å². The number of hydrogen-bond donors (Lipinski definition) is 1. The Morgan fingerprint density at radius 2 is 2.00 bits per heavy atom. The van der Waals surface area contributed by atoms with Crippen molar-refractivity contribution in [2.75, 3.05) is 45.2 Å². The summed E-state index contributed by atoms with van der Waals surface area (Å²) < 4.78 is 5.43. The zero-order valence-electron chi connectivity index (χ0n) is 11.8. The number of fused-ring (bicyclic) bond motifs is 1. The maximum atomic E-state index is 5.43. The van der Waals surface area contributed by atoms with E-state index in [-0.39, 0.29) is 0 Å². The number of ether oxygens (including phenoxy) is 1. The van der Waals surface area contributed by atoms with E-state index in [4.69, 9.17) is 4.74 Å². The summed E-state index contributed by atoms with van der Waals surface area (Å²) in [4.78, 5) is 2.50. The summed E-state index contributed by atoms with van der Waals surface area (Å²) in [5.74, 6) is 1.46. The summed E-state index contributed by atoms with van der Waals surface area (Å²) in [7, 11) is 2.26. The van der Waals surface area contributed by atoms with Crippen LogP contribution >= 0.6 is 0 Å². The van der Waals surface area contributed by atoms with E-state index in [1.807, 2.05) is 0 Å². The van der Waals surface area contributed by atoms with Crippen LogP contribution in [0.4, 0.5) is 5.69 Å². The van der Waals surface area contributed by atoms with Crippen molar-refractivity contribution in [1.29, 1.82) is 0 Å². The van der Waals surface area contributed by atoms with Crippen molar-refractivity contribution >= 4 is 5.69 Å². The van der Waals surface area contributed by atoms with Gasteiger partial charge in [-0.05, 0) is 37.4 Å². The lowest BCUT2D eigenvalue weighted by Gasteiger charge is -2.28. The molecular formula is C16H24N2O. The first-order valence-electron chi connectivity index (χ1n) is 7.42. The largest absolute Gasteiger partial charge is 0.384 e. The fourth-order valence-electron chi connectivity index (χ4n) is 3.34. The van der Waals surface area contributed by atoms with Gasteiger partial charge in [0.1, 0.15) is 0 Å². The second kappa shape index (κ2) is 5.93. The summed E-state index contributed by atoms with van der Waals surface area (Å²) in [5, 5.41) is 3.51. The second-order valence-corrected chi connectivity index (χ2v) is 5.94. The Balaban J connectivity index is 1.54. The minimum Gasteiger partial charge on any atom is -0.384 e. The minimum absolute atomic E-state index is 0.640. The van der Waals surface area contributed by atoms with Gasteiger partial charge in [0.2, 0.25) is 0 Å². The van der Waals surface area contributed by atoms with Gasteiger partial charge in [-0.3, -0.25) is 0 Å². The molecule has 3 nitrogen and oxygen atoms in total.